The molecule has 0 aliphatic heterocycles. The van der Waals surface area contributed by atoms with Crippen molar-refractivity contribution in [2.45, 2.75) is 6.92 Å². The summed E-state index contributed by atoms with van der Waals surface area (Å²) >= 11 is 1.57. The maximum absolute atomic E-state index is 9.45. The second-order valence-corrected chi connectivity index (χ2v) is 5.18. The van der Waals surface area contributed by atoms with Crippen molar-refractivity contribution in [2.75, 3.05) is 5.75 Å². The van der Waals surface area contributed by atoms with Crippen LogP contribution in [0.5, 0.6) is 0 Å². The molecule has 0 bridgehead atoms. The topological polar surface area (TPSA) is 38.5 Å². The summed E-state index contributed by atoms with van der Waals surface area (Å²) in [6, 6.07) is 15.4. The van der Waals surface area contributed by atoms with Crippen LogP contribution in [-0.4, -0.2) is 16.7 Å². The number of benzene rings is 1. The summed E-state index contributed by atoms with van der Waals surface area (Å²) in [5, 5.41) is 10.2. The fourth-order valence-electron chi connectivity index (χ4n) is 1.67. The number of hydrogen-bond donors (Lipinski definition) is 0. The summed E-state index contributed by atoms with van der Waals surface area (Å²) in [4.78, 5) is 4.60. The molecule has 0 aliphatic rings. The molecule has 100 valence electrons. The maximum Gasteiger partial charge on any atom is 0.263 e. The highest BCUT2D eigenvalue weighted by Gasteiger charge is 2.15. The molecule has 0 radical (unpaired) electrons. The van der Waals surface area contributed by atoms with Crippen LogP contribution in [0, 0.1) is 0 Å². The third kappa shape index (κ3) is 3.67. The zero-order chi connectivity index (χ0) is 14.2. The molecule has 0 amide bonds. The number of rotatable bonds is 4. The molecule has 20 heavy (non-hydrogen) atoms. The fraction of sp³-hybridized carbons (Fsp3) is 0.125. The summed E-state index contributed by atoms with van der Waals surface area (Å²) in [5.74, 6) is 3.12. The van der Waals surface area contributed by atoms with E-state index in [0.717, 1.165) is 16.5 Å². The number of hydrogen-bond acceptors (Lipinski definition) is 2. The van der Waals surface area contributed by atoms with Gasteiger partial charge in [0.05, 0.1) is 5.69 Å². The van der Waals surface area contributed by atoms with E-state index in [1.165, 1.54) is 0 Å². The predicted octanol–water partition coefficient (Wildman–Crippen LogP) is 3.54. The molecule has 0 N–H and O–H groups in total. The minimum Gasteiger partial charge on any atom is -0.758 e. The van der Waals surface area contributed by atoms with Gasteiger partial charge in [0.25, 0.3) is 5.70 Å². The normalized spacial score (nSPS) is 10.9. The Hall–Kier alpha value is -2.16. The van der Waals surface area contributed by atoms with Gasteiger partial charge in [0, 0.05) is 12.1 Å². The highest BCUT2D eigenvalue weighted by atomic mass is 32.2. The average Bonchev–Trinajstić information content (AvgIpc) is 2.50. The molecule has 0 saturated heterocycles. The maximum atomic E-state index is 9.45. The Balaban J connectivity index is 2.42. The first-order valence-electron chi connectivity index (χ1n) is 6.35. The van der Waals surface area contributed by atoms with Crippen molar-refractivity contribution in [1.82, 2.24) is 0 Å². The van der Waals surface area contributed by atoms with Crippen LogP contribution in [0.25, 0.3) is 11.1 Å². The third-order valence-corrected chi connectivity index (χ3v) is 3.40. The Morgan fingerprint density at radius 2 is 1.80 bits per heavy atom. The van der Waals surface area contributed by atoms with Crippen LogP contribution in [0.15, 0.2) is 65.9 Å². The van der Waals surface area contributed by atoms with Gasteiger partial charge in [0.2, 0.25) is 0 Å². The van der Waals surface area contributed by atoms with E-state index < -0.39 is 0 Å². The third-order valence-electron chi connectivity index (χ3n) is 2.55. The number of pyridine rings is 1. The second kappa shape index (κ2) is 7.43. The summed E-state index contributed by atoms with van der Waals surface area (Å²) in [5.41, 5.74) is 1.40. The largest absolute Gasteiger partial charge is 0.758 e. The van der Waals surface area contributed by atoms with Crippen LogP contribution in [0.4, 0.5) is 5.69 Å². The van der Waals surface area contributed by atoms with Gasteiger partial charge in [-0.1, -0.05) is 43.0 Å². The van der Waals surface area contributed by atoms with Crippen LogP contribution in [0.3, 0.4) is 0 Å². The van der Waals surface area contributed by atoms with Gasteiger partial charge >= 0.3 is 0 Å². The SMILES string of the molecule is CCSC(=Nc1ccccc1)C(=C=[N-])[n+]1ccccc1. The minimum absolute atomic E-state index is 0.543. The fourth-order valence-corrected chi connectivity index (χ4v) is 2.40. The number of aliphatic imine (C=N–C) groups is 1. The van der Waals surface area contributed by atoms with E-state index in [0.29, 0.717) is 5.70 Å². The van der Waals surface area contributed by atoms with Gasteiger partial charge in [-0.25, -0.2) is 4.99 Å². The lowest BCUT2D eigenvalue weighted by Crippen LogP contribution is -2.34. The molecule has 0 unspecified atom stereocenters. The molecule has 1 aromatic heterocycles. The van der Waals surface area contributed by atoms with E-state index in [1.54, 1.807) is 16.3 Å². The minimum atomic E-state index is 0.543. The molecule has 2 rings (SSSR count). The Bertz CT molecular complexity index is 629. The number of aromatic nitrogens is 1. The molecule has 1 heterocycles. The monoisotopic (exact) mass is 281 g/mol. The van der Waals surface area contributed by atoms with Gasteiger partial charge < -0.3 is 5.41 Å². The number of para-hydroxylation sites is 1. The standard InChI is InChI=1S/C16H15N3S/c1-2-20-16(18-14-9-5-3-6-10-14)15(13-17)19-11-7-4-8-12-19/h3-12H,2H2,1H3. The van der Waals surface area contributed by atoms with Crippen molar-refractivity contribution in [3.05, 3.63) is 66.3 Å². The van der Waals surface area contributed by atoms with Gasteiger partial charge in [-0.15, -0.1) is 0 Å². The lowest BCUT2D eigenvalue weighted by molar-refractivity contribution is -0.574. The molecular formula is C16H15N3S. The first kappa shape index (κ1) is 14.3. The van der Waals surface area contributed by atoms with Crippen molar-refractivity contribution in [3.63, 3.8) is 0 Å². The van der Waals surface area contributed by atoms with Crippen LogP contribution in [0.2, 0.25) is 0 Å². The second-order valence-electron chi connectivity index (χ2n) is 3.93. The lowest BCUT2D eigenvalue weighted by Gasteiger charge is -2.04. The zero-order valence-electron chi connectivity index (χ0n) is 11.2. The van der Waals surface area contributed by atoms with Crippen LogP contribution < -0.4 is 4.57 Å². The van der Waals surface area contributed by atoms with Crippen LogP contribution >= 0.6 is 11.8 Å². The van der Waals surface area contributed by atoms with Crippen molar-refractivity contribution >= 4 is 34.1 Å². The van der Waals surface area contributed by atoms with E-state index in [9.17, 15) is 5.41 Å². The number of thioether (sulfide) groups is 1. The summed E-state index contributed by atoms with van der Waals surface area (Å²) in [7, 11) is 0. The zero-order valence-corrected chi connectivity index (χ0v) is 12.0. The molecule has 3 nitrogen and oxygen atoms in total. The summed E-state index contributed by atoms with van der Waals surface area (Å²) in [6.45, 7) is 2.05. The predicted molar refractivity (Wildman–Crippen MR) is 86.4 cm³/mol. The summed E-state index contributed by atoms with van der Waals surface area (Å²) in [6.07, 6.45) is 3.71. The van der Waals surface area contributed by atoms with Gasteiger partial charge in [-0.3, -0.25) is 0 Å². The van der Waals surface area contributed by atoms with Gasteiger partial charge in [0.15, 0.2) is 17.4 Å². The molecule has 1 aromatic carbocycles. The molecule has 2 aromatic rings. The molecule has 0 saturated carbocycles. The Kier molecular flexibility index (Phi) is 5.30. The Labute approximate surface area is 123 Å². The van der Waals surface area contributed by atoms with Crippen molar-refractivity contribution in [3.8, 4) is 0 Å². The van der Waals surface area contributed by atoms with Gasteiger partial charge in [-0.05, 0) is 17.9 Å². The Morgan fingerprint density at radius 1 is 1.15 bits per heavy atom. The molecular weight excluding hydrogens is 266 g/mol. The summed E-state index contributed by atoms with van der Waals surface area (Å²) < 4.78 is 1.80. The first-order chi connectivity index (χ1) is 9.85. The highest BCUT2D eigenvalue weighted by Crippen LogP contribution is 2.18. The van der Waals surface area contributed by atoms with Crippen LogP contribution in [0.1, 0.15) is 6.92 Å². The van der Waals surface area contributed by atoms with Crippen LogP contribution in [-0.2, 0) is 0 Å². The van der Waals surface area contributed by atoms with Gasteiger partial charge in [-0.2, -0.15) is 10.4 Å². The average molecular weight is 281 g/mol. The molecule has 4 heteroatoms. The molecule has 0 spiro atoms. The number of nitrogens with zero attached hydrogens (tertiary/aromatic N) is 3. The molecule has 0 aliphatic carbocycles. The van der Waals surface area contributed by atoms with Crippen molar-refractivity contribution in [2.24, 2.45) is 4.99 Å². The van der Waals surface area contributed by atoms with E-state index in [-0.39, 0.29) is 0 Å². The van der Waals surface area contributed by atoms with E-state index in [2.05, 4.69) is 17.8 Å². The van der Waals surface area contributed by atoms with E-state index in [4.69, 9.17) is 0 Å². The van der Waals surface area contributed by atoms with Gasteiger partial charge in [0.1, 0.15) is 0 Å². The smallest absolute Gasteiger partial charge is 0.263 e. The highest BCUT2D eigenvalue weighted by molar-refractivity contribution is 8.15. The lowest BCUT2D eigenvalue weighted by atomic mass is 10.3. The van der Waals surface area contributed by atoms with E-state index >= 15 is 0 Å². The molecule has 0 atom stereocenters. The Morgan fingerprint density at radius 3 is 2.40 bits per heavy atom. The molecule has 0 fully saturated rings. The quantitative estimate of drug-likeness (QED) is 0.480. The van der Waals surface area contributed by atoms with E-state index in [1.807, 2.05) is 60.9 Å². The van der Waals surface area contributed by atoms with Crippen molar-refractivity contribution < 1.29 is 4.57 Å². The first-order valence-corrected chi connectivity index (χ1v) is 7.34. The van der Waals surface area contributed by atoms with Crippen molar-refractivity contribution in [1.29, 1.82) is 0 Å².